The first-order valence-corrected chi connectivity index (χ1v) is 7.42. The van der Waals surface area contributed by atoms with Crippen LogP contribution in [0.4, 0.5) is 10.5 Å². The summed E-state index contributed by atoms with van der Waals surface area (Å²) in [6.07, 6.45) is 4.21. The Balaban J connectivity index is 2.10. The minimum absolute atomic E-state index is 0.181. The zero-order chi connectivity index (χ0) is 13.7. The van der Waals surface area contributed by atoms with E-state index in [0.29, 0.717) is 0 Å². The van der Waals surface area contributed by atoms with E-state index in [1.165, 1.54) is 5.56 Å². The first kappa shape index (κ1) is 13.9. The number of hydrogen-bond acceptors (Lipinski definition) is 1. The monoisotopic (exact) mass is 260 g/mol. The molecule has 0 radical (unpaired) electrons. The van der Waals surface area contributed by atoms with E-state index in [9.17, 15) is 4.79 Å². The lowest BCUT2D eigenvalue weighted by molar-refractivity contribution is 0.204. The number of carbonyl (C=O) groups excluding carboxylic acids is 1. The fourth-order valence-electron chi connectivity index (χ4n) is 2.63. The average molecular weight is 260 g/mol. The number of amides is 2. The van der Waals surface area contributed by atoms with E-state index in [2.05, 4.69) is 26.0 Å². The Labute approximate surface area is 116 Å². The van der Waals surface area contributed by atoms with Crippen LogP contribution in [0.5, 0.6) is 0 Å². The molecule has 0 fully saturated rings. The zero-order valence-corrected chi connectivity index (χ0v) is 12.1. The maximum atomic E-state index is 12.7. The molecule has 0 aromatic heterocycles. The molecule has 1 aromatic carbocycles. The number of nitrogens with zero attached hydrogens (tertiary/aromatic N) is 2. The van der Waals surface area contributed by atoms with Gasteiger partial charge in [-0.2, -0.15) is 0 Å². The molecule has 19 heavy (non-hydrogen) atoms. The Morgan fingerprint density at radius 2 is 2.00 bits per heavy atom. The maximum Gasteiger partial charge on any atom is 0.324 e. The number of para-hydroxylation sites is 1. The van der Waals surface area contributed by atoms with Crippen LogP contribution in [-0.2, 0) is 6.42 Å². The molecule has 1 aromatic rings. The second kappa shape index (κ2) is 6.60. The summed E-state index contributed by atoms with van der Waals surface area (Å²) < 4.78 is 0. The average Bonchev–Trinajstić information content (AvgIpc) is 2.86. The van der Waals surface area contributed by atoms with Crippen molar-refractivity contribution in [3.8, 4) is 0 Å². The normalized spacial score (nSPS) is 13.5. The van der Waals surface area contributed by atoms with E-state index in [1.807, 2.05) is 21.9 Å². The highest BCUT2D eigenvalue weighted by Gasteiger charge is 2.27. The van der Waals surface area contributed by atoms with Crippen molar-refractivity contribution in [2.24, 2.45) is 0 Å². The molecular weight excluding hydrogens is 236 g/mol. The van der Waals surface area contributed by atoms with Crippen LogP contribution >= 0.6 is 0 Å². The summed E-state index contributed by atoms with van der Waals surface area (Å²) in [6, 6.07) is 8.43. The Kier molecular flexibility index (Phi) is 4.83. The van der Waals surface area contributed by atoms with Gasteiger partial charge in [-0.25, -0.2) is 4.79 Å². The van der Waals surface area contributed by atoms with Crippen LogP contribution in [-0.4, -0.2) is 30.6 Å². The molecule has 0 bridgehead atoms. The number of fused-ring (bicyclic) bond motifs is 1. The lowest BCUT2D eigenvalue weighted by atomic mass is 10.2. The highest BCUT2D eigenvalue weighted by molar-refractivity contribution is 5.94. The highest BCUT2D eigenvalue weighted by atomic mass is 16.2. The zero-order valence-electron chi connectivity index (χ0n) is 12.1. The Hall–Kier alpha value is -1.51. The predicted octanol–water partition coefficient (Wildman–Crippen LogP) is 3.68. The molecule has 2 rings (SSSR count). The van der Waals surface area contributed by atoms with Crippen LogP contribution in [0.15, 0.2) is 24.3 Å². The lowest BCUT2D eigenvalue weighted by Crippen LogP contribution is -2.43. The van der Waals surface area contributed by atoms with Gasteiger partial charge in [0.1, 0.15) is 0 Å². The van der Waals surface area contributed by atoms with Crippen molar-refractivity contribution in [2.45, 2.75) is 39.5 Å². The van der Waals surface area contributed by atoms with Gasteiger partial charge in [0, 0.05) is 25.3 Å². The van der Waals surface area contributed by atoms with Gasteiger partial charge in [-0.3, -0.25) is 4.90 Å². The summed E-state index contributed by atoms with van der Waals surface area (Å²) in [4.78, 5) is 16.6. The molecule has 3 heteroatoms. The quantitative estimate of drug-likeness (QED) is 0.792. The van der Waals surface area contributed by atoms with Crippen molar-refractivity contribution < 1.29 is 4.79 Å². The van der Waals surface area contributed by atoms with Gasteiger partial charge in [0.2, 0.25) is 0 Å². The molecule has 1 heterocycles. The topological polar surface area (TPSA) is 23.6 Å². The smallest absolute Gasteiger partial charge is 0.324 e. The molecule has 0 aliphatic carbocycles. The van der Waals surface area contributed by atoms with Crippen molar-refractivity contribution in [1.29, 1.82) is 0 Å². The molecule has 1 aliphatic heterocycles. The van der Waals surface area contributed by atoms with Gasteiger partial charge in [-0.15, -0.1) is 0 Å². The van der Waals surface area contributed by atoms with Crippen LogP contribution in [0.2, 0.25) is 0 Å². The third kappa shape index (κ3) is 3.09. The molecule has 2 amide bonds. The van der Waals surface area contributed by atoms with E-state index in [0.717, 1.165) is 51.0 Å². The fourth-order valence-corrected chi connectivity index (χ4v) is 2.63. The molecule has 104 valence electrons. The van der Waals surface area contributed by atoms with Gasteiger partial charge in [0.05, 0.1) is 0 Å². The van der Waals surface area contributed by atoms with Crippen molar-refractivity contribution in [1.82, 2.24) is 4.90 Å². The van der Waals surface area contributed by atoms with Gasteiger partial charge in [-0.05, 0) is 30.9 Å². The molecule has 0 unspecified atom stereocenters. The largest absolute Gasteiger partial charge is 0.324 e. The minimum Gasteiger partial charge on any atom is -0.324 e. The summed E-state index contributed by atoms with van der Waals surface area (Å²) in [5.41, 5.74) is 2.40. The number of anilines is 1. The van der Waals surface area contributed by atoms with E-state index in [4.69, 9.17) is 0 Å². The Bertz CT molecular complexity index is 431. The van der Waals surface area contributed by atoms with E-state index in [1.54, 1.807) is 0 Å². The molecule has 0 spiro atoms. The van der Waals surface area contributed by atoms with E-state index >= 15 is 0 Å². The van der Waals surface area contributed by atoms with Gasteiger partial charge < -0.3 is 4.90 Å². The van der Waals surface area contributed by atoms with Gasteiger partial charge >= 0.3 is 6.03 Å². The fraction of sp³-hybridized carbons (Fsp3) is 0.562. The highest BCUT2D eigenvalue weighted by Crippen LogP contribution is 2.28. The first-order valence-electron chi connectivity index (χ1n) is 7.42. The van der Waals surface area contributed by atoms with Crippen molar-refractivity contribution in [3.05, 3.63) is 29.8 Å². The Morgan fingerprint density at radius 3 is 2.74 bits per heavy atom. The number of rotatable bonds is 5. The van der Waals surface area contributed by atoms with Crippen LogP contribution in [0, 0.1) is 0 Å². The minimum atomic E-state index is 0.181. The van der Waals surface area contributed by atoms with E-state index < -0.39 is 0 Å². The van der Waals surface area contributed by atoms with E-state index in [-0.39, 0.29) is 6.03 Å². The molecule has 3 nitrogen and oxygen atoms in total. The molecule has 1 aliphatic rings. The van der Waals surface area contributed by atoms with Gasteiger partial charge in [0.25, 0.3) is 0 Å². The summed E-state index contributed by atoms with van der Waals surface area (Å²) in [5, 5.41) is 0. The first-order chi connectivity index (χ1) is 9.27. The van der Waals surface area contributed by atoms with Crippen molar-refractivity contribution in [3.63, 3.8) is 0 Å². The molecular formula is C16H24N2O. The third-order valence-electron chi connectivity index (χ3n) is 3.66. The number of urea groups is 1. The number of hydrogen-bond donors (Lipinski definition) is 0. The maximum absolute atomic E-state index is 12.7. The van der Waals surface area contributed by atoms with Gasteiger partial charge in [-0.1, -0.05) is 38.5 Å². The van der Waals surface area contributed by atoms with Crippen LogP contribution in [0.3, 0.4) is 0 Å². The Morgan fingerprint density at radius 1 is 1.21 bits per heavy atom. The second-order valence-electron chi connectivity index (χ2n) is 5.15. The number of unbranched alkanes of at least 4 members (excludes halogenated alkanes) is 1. The summed E-state index contributed by atoms with van der Waals surface area (Å²) in [7, 11) is 0. The van der Waals surface area contributed by atoms with Crippen LogP contribution < -0.4 is 4.90 Å². The predicted molar refractivity (Wildman–Crippen MR) is 79.7 cm³/mol. The summed E-state index contributed by atoms with van der Waals surface area (Å²) in [5.74, 6) is 0. The second-order valence-corrected chi connectivity index (χ2v) is 5.15. The SMILES string of the molecule is CCCCN(CCC)C(=O)N1CCc2ccccc21. The summed E-state index contributed by atoms with van der Waals surface area (Å²) >= 11 is 0. The van der Waals surface area contributed by atoms with Crippen LogP contribution in [0.25, 0.3) is 0 Å². The standard InChI is InChI=1S/C16H24N2O/c1-3-5-12-17(11-4-2)16(19)18-13-10-14-8-6-7-9-15(14)18/h6-9H,3-5,10-13H2,1-2H3. The van der Waals surface area contributed by atoms with Crippen molar-refractivity contribution in [2.75, 3.05) is 24.5 Å². The molecule has 0 saturated carbocycles. The van der Waals surface area contributed by atoms with Gasteiger partial charge in [0.15, 0.2) is 0 Å². The summed E-state index contributed by atoms with van der Waals surface area (Å²) in [6.45, 7) is 6.85. The molecule has 0 atom stereocenters. The molecule has 0 saturated heterocycles. The molecule has 0 N–H and O–H groups in total. The third-order valence-corrected chi connectivity index (χ3v) is 3.66. The van der Waals surface area contributed by atoms with Crippen LogP contribution in [0.1, 0.15) is 38.7 Å². The van der Waals surface area contributed by atoms with Crippen molar-refractivity contribution >= 4 is 11.7 Å². The lowest BCUT2D eigenvalue weighted by Gasteiger charge is -2.28. The number of carbonyl (C=O) groups is 1. The number of benzene rings is 1.